The Morgan fingerprint density at radius 1 is 1.21 bits per heavy atom. The summed E-state index contributed by atoms with van der Waals surface area (Å²) in [5.74, 6) is 0.521. The molecule has 0 radical (unpaired) electrons. The first kappa shape index (κ1) is 14.4. The van der Waals surface area contributed by atoms with Crippen molar-refractivity contribution in [2.75, 3.05) is 18.5 Å². The van der Waals surface area contributed by atoms with E-state index in [0.717, 1.165) is 18.7 Å². The molecule has 2 aromatic rings. The Balaban J connectivity index is 1.69. The molecule has 0 aliphatic carbocycles. The molecule has 0 fully saturated rings. The molecule has 0 saturated heterocycles. The maximum atomic E-state index is 5.75. The Hall–Kier alpha value is -1.06. The largest absolute Gasteiger partial charge is 0.375 e. The average Bonchev–Trinajstić information content (AvgIpc) is 2.92. The van der Waals surface area contributed by atoms with Crippen LogP contribution >= 0.6 is 22.9 Å². The summed E-state index contributed by atoms with van der Waals surface area (Å²) in [6, 6.07) is 10.5. The Kier molecular flexibility index (Phi) is 5.67. The highest BCUT2D eigenvalue weighted by Gasteiger charge is 2.02. The Morgan fingerprint density at radius 3 is 2.68 bits per heavy atom. The molecule has 0 saturated carbocycles. The highest BCUT2D eigenvalue weighted by Crippen LogP contribution is 2.15. The van der Waals surface area contributed by atoms with E-state index >= 15 is 0 Å². The zero-order valence-corrected chi connectivity index (χ0v) is 12.8. The minimum absolute atomic E-state index is 0.521. The molecule has 1 aromatic carbocycles. The number of unbranched alkanes of at least 4 members (excludes halogenated alkanes) is 1. The van der Waals surface area contributed by atoms with Crippen molar-refractivity contribution in [3.8, 4) is 0 Å². The molecule has 0 N–H and O–H groups in total. The number of nitrogens with zero attached hydrogens (tertiary/aromatic N) is 2. The number of alkyl halides is 1. The van der Waals surface area contributed by atoms with Crippen LogP contribution in [-0.4, -0.2) is 18.6 Å². The molecule has 2 rings (SSSR count). The van der Waals surface area contributed by atoms with Gasteiger partial charge in [-0.25, -0.2) is 4.98 Å². The number of hydrogen-bond acceptors (Lipinski definition) is 3. The van der Waals surface area contributed by atoms with Crippen LogP contribution in [0.15, 0.2) is 35.7 Å². The van der Waals surface area contributed by atoms with E-state index in [4.69, 9.17) is 11.6 Å². The minimum Gasteiger partial charge on any atom is -0.375 e. The van der Waals surface area contributed by atoms with E-state index in [1.165, 1.54) is 23.5 Å². The van der Waals surface area contributed by atoms with Crippen LogP contribution in [0.3, 0.4) is 0 Å². The SMILES string of the molecule is CN(CCCCc1nc(CCl)cs1)c1ccccc1. The van der Waals surface area contributed by atoms with E-state index in [1.807, 2.05) is 6.07 Å². The molecule has 0 unspecified atom stereocenters. The molecular weight excluding hydrogens is 276 g/mol. The normalized spacial score (nSPS) is 10.6. The predicted molar refractivity (Wildman–Crippen MR) is 84.3 cm³/mol. The van der Waals surface area contributed by atoms with Crippen molar-refractivity contribution in [1.82, 2.24) is 4.98 Å². The highest BCUT2D eigenvalue weighted by molar-refractivity contribution is 7.09. The van der Waals surface area contributed by atoms with Gasteiger partial charge in [0.25, 0.3) is 0 Å². The second kappa shape index (κ2) is 7.51. The third kappa shape index (κ3) is 4.51. The summed E-state index contributed by atoms with van der Waals surface area (Å²) in [7, 11) is 2.14. The molecule has 0 amide bonds. The monoisotopic (exact) mass is 294 g/mol. The molecule has 0 aliphatic heterocycles. The van der Waals surface area contributed by atoms with Crippen LogP contribution in [0.5, 0.6) is 0 Å². The lowest BCUT2D eigenvalue weighted by atomic mass is 10.2. The van der Waals surface area contributed by atoms with Crippen LogP contribution < -0.4 is 4.90 Å². The molecule has 1 aromatic heterocycles. The lowest BCUT2D eigenvalue weighted by molar-refractivity contribution is 0.716. The Labute approximate surface area is 124 Å². The molecule has 0 atom stereocenters. The van der Waals surface area contributed by atoms with E-state index in [0.29, 0.717) is 5.88 Å². The van der Waals surface area contributed by atoms with Gasteiger partial charge >= 0.3 is 0 Å². The van der Waals surface area contributed by atoms with Crippen LogP contribution in [0.25, 0.3) is 0 Å². The van der Waals surface area contributed by atoms with Gasteiger partial charge in [-0.05, 0) is 31.4 Å². The van der Waals surface area contributed by atoms with Gasteiger partial charge < -0.3 is 4.90 Å². The van der Waals surface area contributed by atoms with Gasteiger partial charge in [-0.2, -0.15) is 0 Å². The number of halogens is 1. The quantitative estimate of drug-likeness (QED) is 0.558. The van der Waals surface area contributed by atoms with Gasteiger partial charge in [-0.3, -0.25) is 0 Å². The van der Waals surface area contributed by atoms with Crippen LogP contribution in [0.4, 0.5) is 5.69 Å². The first-order chi connectivity index (χ1) is 9.29. The van der Waals surface area contributed by atoms with Gasteiger partial charge in [-0.15, -0.1) is 22.9 Å². The van der Waals surface area contributed by atoms with Crippen molar-refractivity contribution in [2.24, 2.45) is 0 Å². The van der Waals surface area contributed by atoms with Gasteiger partial charge in [0, 0.05) is 24.7 Å². The summed E-state index contributed by atoms with van der Waals surface area (Å²) in [5, 5.41) is 3.26. The lowest BCUT2D eigenvalue weighted by Gasteiger charge is -2.18. The summed E-state index contributed by atoms with van der Waals surface area (Å²) < 4.78 is 0. The number of hydrogen-bond donors (Lipinski definition) is 0. The van der Waals surface area contributed by atoms with Crippen molar-refractivity contribution in [2.45, 2.75) is 25.1 Å². The van der Waals surface area contributed by atoms with E-state index in [-0.39, 0.29) is 0 Å². The molecule has 0 aliphatic rings. The van der Waals surface area contributed by atoms with Gasteiger partial charge in [0.1, 0.15) is 0 Å². The van der Waals surface area contributed by atoms with Crippen LogP contribution in [0.1, 0.15) is 23.5 Å². The number of aryl methyl sites for hydroxylation is 1. The first-order valence-corrected chi connectivity index (χ1v) is 7.96. The average molecular weight is 295 g/mol. The van der Waals surface area contributed by atoms with E-state index in [9.17, 15) is 0 Å². The minimum atomic E-state index is 0.521. The topological polar surface area (TPSA) is 16.1 Å². The molecule has 2 nitrogen and oxygen atoms in total. The number of para-hydroxylation sites is 1. The fourth-order valence-corrected chi connectivity index (χ4v) is 3.03. The second-order valence-electron chi connectivity index (χ2n) is 4.58. The molecule has 102 valence electrons. The second-order valence-corrected chi connectivity index (χ2v) is 5.79. The van der Waals surface area contributed by atoms with Gasteiger partial charge in [0.05, 0.1) is 16.6 Å². The van der Waals surface area contributed by atoms with Crippen molar-refractivity contribution in [3.05, 3.63) is 46.4 Å². The highest BCUT2D eigenvalue weighted by atomic mass is 35.5. The molecular formula is C15H19ClN2S. The number of benzene rings is 1. The van der Waals surface area contributed by atoms with Gasteiger partial charge in [0.2, 0.25) is 0 Å². The van der Waals surface area contributed by atoms with Crippen molar-refractivity contribution < 1.29 is 0 Å². The molecule has 4 heteroatoms. The molecule has 19 heavy (non-hydrogen) atoms. The summed E-state index contributed by atoms with van der Waals surface area (Å²) >= 11 is 7.47. The van der Waals surface area contributed by atoms with Crippen LogP contribution in [0, 0.1) is 0 Å². The first-order valence-electron chi connectivity index (χ1n) is 6.55. The zero-order chi connectivity index (χ0) is 13.5. The van der Waals surface area contributed by atoms with E-state index in [2.05, 4.69) is 46.6 Å². The number of thiazole rings is 1. The molecule has 1 heterocycles. The molecule has 0 spiro atoms. The number of rotatable bonds is 7. The summed E-state index contributed by atoms with van der Waals surface area (Å²) in [6.07, 6.45) is 3.41. The zero-order valence-electron chi connectivity index (χ0n) is 11.2. The summed E-state index contributed by atoms with van der Waals surface area (Å²) in [5.41, 5.74) is 2.28. The Morgan fingerprint density at radius 2 is 2.00 bits per heavy atom. The van der Waals surface area contributed by atoms with Gasteiger partial charge in [-0.1, -0.05) is 18.2 Å². The maximum Gasteiger partial charge on any atom is 0.0928 e. The number of anilines is 1. The van der Waals surface area contributed by atoms with Crippen molar-refractivity contribution >= 4 is 28.6 Å². The Bertz CT molecular complexity index is 484. The third-order valence-electron chi connectivity index (χ3n) is 3.07. The van der Waals surface area contributed by atoms with E-state index < -0.39 is 0 Å². The van der Waals surface area contributed by atoms with Crippen molar-refractivity contribution in [1.29, 1.82) is 0 Å². The summed E-state index contributed by atoms with van der Waals surface area (Å²) in [4.78, 5) is 6.77. The van der Waals surface area contributed by atoms with Crippen LogP contribution in [0.2, 0.25) is 0 Å². The third-order valence-corrected chi connectivity index (χ3v) is 4.30. The maximum absolute atomic E-state index is 5.75. The molecule has 0 bridgehead atoms. The standard InChI is InChI=1S/C15H19ClN2S/c1-18(14-7-3-2-4-8-14)10-6-5-9-15-17-13(11-16)12-19-15/h2-4,7-8,12H,5-6,9-11H2,1H3. The van der Waals surface area contributed by atoms with E-state index in [1.54, 1.807) is 11.3 Å². The fourth-order valence-electron chi connectivity index (χ4n) is 1.96. The smallest absolute Gasteiger partial charge is 0.0928 e. The lowest BCUT2D eigenvalue weighted by Crippen LogP contribution is -2.18. The van der Waals surface area contributed by atoms with Crippen molar-refractivity contribution in [3.63, 3.8) is 0 Å². The number of aromatic nitrogens is 1. The van der Waals surface area contributed by atoms with Gasteiger partial charge in [0.15, 0.2) is 0 Å². The fraction of sp³-hybridized carbons (Fsp3) is 0.400. The summed E-state index contributed by atoms with van der Waals surface area (Å²) in [6.45, 7) is 1.08. The van der Waals surface area contributed by atoms with Crippen LogP contribution in [-0.2, 0) is 12.3 Å². The predicted octanol–water partition coefficient (Wildman–Crippen LogP) is 4.34.